The van der Waals surface area contributed by atoms with Crippen molar-refractivity contribution in [1.29, 1.82) is 5.26 Å². The first-order valence-electron chi connectivity index (χ1n) is 9.61. The molecule has 0 bridgehead atoms. The van der Waals surface area contributed by atoms with Crippen LogP contribution in [0.4, 0.5) is 0 Å². The first kappa shape index (κ1) is 22.6. The lowest BCUT2D eigenvalue weighted by Crippen LogP contribution is -2.27. The molecule has 1 atom stereocenters. The van der Waals surface area contributed by atoms with Crippen LogP contribution in [0.15, 0.2) is 82.8 Å². The molecule has 156 valence electrons. The number of nitrogens with zero attached hydrogens (tertiary/aromatic N) is 1. The summed E-state index contributed by atoms with van der Waals surface area (Å²) in [6, 6.07) is 24.5. The van der Waals surface area contributed by atoms with Crippen molar-refractivity contribution >= 4 is 39.5 Å². The molecule has 0 unspecified atom stereocenters. The number of amides is 1. The molecule has 1 amide bonds. The van der Waals surface area contributed by atoms with Crippen molar-refractivity contribution in [1.82, 2.24) is 5.32 Å². The Morgan fingerprint density at radius 1 is 1.16 bits per heavy atom. The minimum Gasteiger partial charge on any atom is -0.486 e. The summed E-state index contributed by atoms with van der Waals surface area (Å²) in [6.07, 6.45) is 1.50. The predicted octanol–water partition coefficient (Wildman–Crippen LogP) is 6.47. The Kier molecular flexibility index (Phi) is 7.88. The van der Waals surface area contributed by atoms with E-state index in [2.05, 4.69) is 21.2 Å². The van der Waals surface area contributed by atoms with Crippen molar-refractivity contribution in [2.45, 2.75) is 19.6 Å². The zero-order chi connectivity index (χ0) is 22.2. The highest BCUT2D eigenvalue weighted by Crippen LogP contribution is 2.35. The van der Waals surface area contributed by atoms with Gasteiger partial charge in [-0.15, -0.1) is 0 Å². The summed E-state index contributed by atoms with van der Waals surface area (Å²) in [5, 5.41) is 12.7. The maximum Gasteiger partial charge on any atom is 0.262 e. The topological polar surface area (TPSA) is 62.1 Å². The van der Waals surface area contributed by atoms with Gasteiger partial charge in [-0.05, 0) is 57.8 Å². The standard InChI is InChI=1S/C25H20BrClN2O2/c1-17(20-10-6-3-7-11-20)29-25(30)21(15-28)12-19-13-22(26)24(23(27)14-19)31-16-18-8-4-2-5-9-18/h2-14,17H,16H2,1H3,(H,29,30)/b21-12-/t17-/m1/s1. The van der Waals surface area contributed by atoms with E-state index in [0.717, 1.165) is 11.1 Å². The van der Waals surface area contributed by atoms with Crippen LogP contribution in [0, 0.1) is 11.3 Å². The molecule has 3 aromatic carbocycles. The van der Waals surface area contributed by atoms with E-state index in [4.69, 9.17) is 16.3 Å². The van der Waals surface area contributed by atoms with E-state index < -0.39 is 5.91 Å². The molecule has 1 N–H and O–H groups in total. The molecule has 0 heterocycles. The third-order valence-electron chi connectivity index (χ3n) is 4.57. The summed E-state index contributed by atoms with van der Waals surface area (Å²) in [5.41, 5.74) is 2.58. The number of halogens is 2. The fourth-order valence-electron chi connectivity index (χ4n) is 2.95. The van der Waals surface area contributed by atoms with E-state index in [9.17, 15) is 10.1 Å². The number of hydrogen-bond acceptors (Lipinski definition) is 3. The number of rotatable bonds is 7. The largest absolute Gasteiger partial charge is 0.486 e. The van der Waals surface area contributed by atoms with Gasteiger partial charge in [-0.1, -0.05) is 72.3 Å². The summed E-state index contributed by atoms with van der Waals surface area (Å²) in [7, 11) is 0. The van der Waals surface area contributed by atoms with E-state index >= 15 is 0 Å². The van der Waals surface area contributed by atoms with E-state index in [0.29, 0.717) is 27.4 Å². The first-order chi connectivity index (χ1) is 15.0. The lowest BCUT2D eigenvalue weighted by atomic mass is 10.1. The lowest BCUT2D eigenvalue weighted by Gasteiger charge is -2.14. The fourth-order valence-corrected chi connectivity index (χ4v) is 3.93. The van der Waals surface area contributed by atoms with Crippen LogP contribution in [0.25, 0.3) is 6.08 Å². The molecule has 0 aromatic heterocycles. The maximum atomic E-state index is 12.6. The minimum atomic E-state index is -0.449. The van der Waals surface area contributed by atoms with Crippen LogP contribution in [0.1, 0.15) is 29.7 Å². The number of nitriles is 1. The molecule has 0 radical (unpaired) electrons. The van der Waals surface area contributed by atoms with Crippen LogP contribution in [0.2, 0.25) is 5.02 Å². The molecule has 0 fully saturated rings. The van der Waals surface area contributed by atoms with Gasteiger partial charge in [0.25, 0.3) is 5.91 Å². The van der Waals surface area contributed by atoms with Gasteiger partial charge in [0.1, 0.15) is 18.2 Å². The Bertz CT molecular complexity index is 1100. The van der Waals surface area contributed by atoms with Gasteiger partial charge in [-0.3, -0.25) is 4.79 Å². The molecule has 0 saturated heterocycles. The van der Waals surface area contributed by atoms with Gasteiger partial charge in [0.15, 0.2) is 5.75 Å². The summed E-state index contributed by atoms with van der Waals surface area (Å²) in [5.74, 6) is 0.0545. The first-order valence-corrected chi connectivity index (χ1v) is 10.8. The zero-order valence-corrected chi connectivity index (χ0v) is 19.2. The summed E-state index contributed by atoms with van der Waals surface area (Å²) >= 11 is 9.87. The lowest BCUT2D eigenvalue weighted by molar-refractivity contribution is -0.117. The number of nitrogens with one attached hydrogen (secondary N) is 1. The molecule has 0 saturated carbocycles. The van der Waals surface area contributed by atoms with Gasteiger partial charge in [-0.2, -0.15) is 5.26 Å². The normalized spacial score (nSPS) is 12.0. The van der Waals surface area contributed by atoms with E-state index in [-0.39, 0.29) is 11.6 Å². The van der Waals surface area contributed by atoms with Crippen LogP contribution in [0.3, 0.4) is 0 Å². The second-order valence-electron chi connectivity index (χ2n) is 6.86. The molecule has 31 heavy (non-hydrogen) atoms. The number of benzene rings is 3. The van der Waals surface area contributed by atoms with Crippen LogP contribution >= 0.6 is 27.5 Å². The molecule has 0 spiro atoms. The van der Waals surface area contributed by atoms with Gasteiger partial charge in [0, 0.05) is 0 Å². The molecule has 0 aliphatic heterocycles. The average Bonchev–Trinajstić information content (AvgIpc) is 2.78. The predicted molar refractivity (Wildman–Crippen MR) is 127 cm³/mol. The molecule has 0 aliphatic rings. The Balaban J connectivity index is 1.74. The van der Waals surface area contributed by atoms with Crippen molar-refractivity contribution in [2.24, 2.45) is 0 Å². The molecular formula is C25H20BrClN2O2. The smallest absolute Gasteiger partial charge is 0.262 e. The second-order valence-corrected chi connectivity index (χ2v) is 8.13. The van der Waals surface area contributed by atoms with Gasteiger partial charge in [-0.25, -0.2) is 0 Å². The zero-order valence-electron chi connectivity index (χ0n) is 16.8. The minimum absolute atomic E-state index is 0.0105. The summed E-state index contributed by atoms with van der Waals surface area (Å²) in [6.45, 7) is 2.24. The van der Waals surface area contributed by atoms with Gasteiger partial charge < -0.3 is 10.1 Å². The SMILES string of the molecule is C[C@@H](NC(=O)/C(C#N)=C\c1cc(Cl)c(OCc2ccccc2)c(Br)c1)c1ccccc1. The van der Waals surface area contributed by atoms with Gasteiger partial charge >= 0.3 is 0 Å². The van der Waals surface area contributed by atoms with Crippen LogP contribution in [-0.2, 0) is 11.4 Å². The van der Waals surface area contributed by atoms with Crippen LogP contribution < -0.4 is 10.1 Å². The number of carbonyl (C=O) groups is 1. The Morgan fingerprint density at radius 2 is 1.81 bits per heavy atom. The highest BCUT2D eigenvalue weighted by atomic mass is 79.9. The Morgan fingerprint density at radius 3 is 2.42 bits per heavy atom. The van der Waals surface area contributed by atoms with Crippen molar-refractivity contribution in [3.05, 3.63) is 105 Å². The van der Waals surface area contributed by atoms with Crippen molar-refractivity contribution in [3.63, 3.8) is 0 Å². The van der Waals surface area contributed by atoms with Crippen LogP contribution in [-0.4, -0.2) is 5.91 Å². The molecule has 0 aliphatic carbocycles. The van der Waals surface area contributed by atoms with Gasteiger partial charge in [0.2, 0.25) is 0 Å². The van der Waals surface area contributed by atoms with Crippen molar-refractivity contribution in [2.75, 3.05) is 0 Å². The van der Waals surface area contributed by atoms with Gasteiger partial charge in [0.05, 0.1) is 15.5 Å². The van der Waals surface area contributed by atoms with E-state index in [1.165, 1.54) is 6.08 Å². The number of carbonyl (C=O) groups excluding carboxylic acids is 1. The quantitative estimate of drug-likeness (QED) is 0.302. The van der Waals surface area contributed by atoms with Crippen LogP contribution in [0.5, 0.6) is 5.75 Å². The summed E-state index contributed by atoms with van der Waals surface area (Å²) < 4.78 is 6.48. The number of hydrogen-bond donors (Lipinski definition) is 1. The third-order valence-corrected chi connectivity index (χ3v) is 5.44. The average molecular weight is 496 g/mol. The molecular weight excluding hydrogens is 476 g/mol. The summed E-state index contributed by atoms with van der Waals surface area (Å²) in [4.78, 5) is 12.6. The fraction of sp³-hybridized carbons (Fsp3) is 0.120. The second kappa shape index (κ2) is 10.8. The van der Waals surface area contributed by atoms with Crippen molar-refractivity contribution < 1.29 is 9.53 Å². The van der Waals surface area contributed by atoms with E-state index in [1.54, 1.807) is 12.1 Å². The maximum absolute atomic E-state index is 12.6. The highest BCUT2D eigenvalue weighted by Gasteiger charge is 2.15. The molecule has 6 heteroatoms. The number of ether oxygens (including phenoxy) is 1. The molecule has 3 rings (SSSR count). The Labute approximate surface area is 195 Å². The monoisotopic (exact) mass is 494 g/mol. The highest BCUT2D eigenvalue weighted by molar-refractivity contribution is 9.10. The van der Waals surface area contributed by atoms with Crippen molar-refractivity contribution in [3.8, 4) is 11.8 Å². The third kappa shape index (κ3) is 6.21. The van der Waals surface area contributed by atoms with E-state index in [1.807, 2.05) is 73.7 Å². The molecule has 3 aromatic rings. The molecule has 4 nitrogen and oxygen atoms in total. The Hall–Kier alpha value is -3.07.